The zero-order valence-electron chi connectivity index (χ0n) is 13.7. The van der Waals surface area contributed by atoms with Gasteiger partial charge >= 0.3 is 0 Å². The molecule has 3 rings (SSSR count). The van der Waals surface area contributed by atoms with Gasteiger partial charge in [0.15, 0.2) is 11.5 Å². The van der Waals surface area contributed by atoms with Crippen molar-refractivity contribution in [1.29, 1.82) is 0 Å². The number of hydrogen-bond donors (Lipinski definition) is 2. The maximum atomic E-state index is 12.1. The summed E-state index contributed by atoms with van der Waals surface area (Å²) in [4.78, 5) is 24.1. The Morgan fingerprint density at radius 3 is 2.56 bits per heavy atom. The summed E-state index contributed by atoms with van der Waals surface area (Å²) < 4.78 is 11.0. The van der Waals surface area contributed by atoms with Crippen LogP contribution < -0.4 is 20.1 Å². The highest BCUT2D eigenvalue weighted by atomic mass is 32.2. The first-order chi connectivity index (χ1) is 12.1. The Morgan fingerprint density at radius 1 is 1.00 bits per heavy atom. The third-order valence-corrected chi connectivity index (χ3v) is 4.34. The number of benzene rings is 2. The monoisotopic (exact) mass is 358 g/mol. The molecule has 25 heavy (non-hydrogen) atoms. The molecule has 0 atom stereocenters. The first kappa shape index (κ1) is 17.2. The van der Waals surface area contributed by atoms with Crippen molar-refractivity contribution >= 4 is 35.0 Å². The summed E-state index contributed by atoms with van der Waals surface area (Å²) >= 11 is 1.40. The number of thioether (sulfide) groups is 1. The van der Waals surface area contributed by atoms with E-state index in [9.17, 15) is 9.59 Å². The van der Waals surface area contributed by atoms with Gasteiger partial charge in [-0.2, -0.15) is 0 Å². The average Bonchev–Trinajstić information content (AvgIpc) is 2.60. The topological polar surface area (TPSA) is 76.7 Å². The van der Waals surface area contributed by atoms with Crippen LogP contribution in [0.1, 0.15) is 6.92 Å². The van der Waals surface area contributed by atoms with Gasteiger partial charge < -0.3 is 20.1 Å². The third-order valence-electron chi connectivity index (χ3n) is 3.35. The lowest BCUT2D eigenvalue weighted by molar-refractivity contribution is -0.114. The summed E-state index contributed by atoms with van der Waals surface area (Å²) in [5.41, 5.74) is 1.38. The molecule has 1 aliphatic rings. The molecule has 0 aromatic heterocycles. The number of amides is 2. The molecule has 0 spiro atoms. The second-order valence-corrected chi connectivity index (χ2v) is 6.45. The number of rotatable bonds is 5. The summed E-state index contributed by atoms with van der Waals surface area (Å²) in [6, 6.07) is 12.7. The fourth-order valence-corrected chi connectivity index (χ4v) is 3.09. The van der Waals surface area contributed by atoms with E-state index in [2.05, 4.69) is 10.6 Å². The molecular weight excluding hydrogens is 340 g/mol. The van der Waals surface area contributed by atoms with Gasteiger partial charge in [0, 0.05) is 29.3 Å². The fourth-order valence-electron chi connectivity index (χ4n) is 2.33. The maximum Gasteiger partial charge on any atom is 0.234 e. The zero-order valence-corrected chi connectivity index (χ0v) is 14.5. The Balaban J connectivity index is 1.55. The molecule has 7 heteroatoms. The summed E-state index contributed by atoms with van der Waals surface area (Å²) in [6.07, 6.45) is 0. The average molecular weight is 358 g/mol. The van der Waals surface area contributed by atoms with Crippen molar-refractivity contribution < 1.29 is 19.1 Å². The molecule has 0 aliphatic carbocycles. The van der Waals surface area contributed by atoms with Crippen LogP contribution >= 0.6 is 11.8 Å². The van der Waals surface area contributed by atoms with Crippen LogP contribution in [0.2, 0.25) is 0 Å². The van der Waals surface area contributed by atoms with E-state index in [1.165, 1.54) is 18.7 Å². The van der Waals surface area contributed by atoms with Gasteiger partial charge in [0.2, 0.25) is 11.8 Å². The molecular formula is C18H18N2O4S. The molecule has 1 heterocycles. The van der Waals surface area contributed by atoms with Crippen molar-refractivity contribution in [2.45, 2.75) is 11.8 Å². The summed E-state index contributed by atoms with van der Waals surface area (Å²) in [6.45, 7) is 2.50. The molecule has 2 aromatic rings. The lowest BCUT2D eigenvalue weighted by Crippen LogP contribution is -2.17. The van der Waals surface area contributed by atoms with Crippen LogP contribution in [-0.2, 0) is 9.59 Å². The van der Waals surface area contributed by atoms with Gasteiger partial charge in [-0.25, -0.2) is 0 Å². The molecule has 2 aromatic carbocycles. The number of carbonyl (C=O) groups excluding carboxylic acids is 2. The molecule has 0 unspecified atom stereocenters. The minimum absolute atomic E-state index is 0.119. The van der Waals surface area contributed by atoms with Crippen LogP contribution in [0.3, 0.4) is 0 Å². The third kappa shape index (κ3) is 4.90. The Morgan fingerprint density at radius 2 is 1.76 bits per heavy atom. The van der Waals surface area contributed by atoms with Crippen LogP contribution in [0.15, 0.2) is 47.4 Å². The number of hydrogen-bond acceptors (Lipinski definition) is 5. The minimum Gasteiger partial charge on any atom is -0.486 e. The van der Waals surface area contributed by atoms with Crippen LogP contribution in [0, 0.1) is 0 Å². The number of fused-ring (bicyclic) bond motifs is 1. The van der Waals surface area contributed by atoms with Crippen molar-refractivity contribution in [3.05, 3.63) is 42.5 Å². The molecule has 0 bridgehead atoms. The van der Waals surface area contributed by atoms with E-state index in [1.807, 2.05) is 18.2 Å². The normalized spacial score (nSPS) is 12.4. The largest absolute Gasteiger partial charge is 0.486 e. The van der Waals surface area contributed by atoms with Crippen LogP contribution in [0.5, 0.6) is 11.5 Å². The molecule has 2 N–H and O–H groups in total. The number of carbonyl (C=O) groups is 2. The van der Waals surface area contributed by atoms with E-state index >= 15 is 0 Å². The summed E-state index contributed by atoms with van der Waals surface area (Å²) in [5.74, 6) is 1.34. The molecule has 0 fully saturated rings. The van der Waals surface area contributed by atoms with Crippen molar-refractivity contribution in [1.82, 2.24) is 0 Å². The maximum absolute atomic E-state index is 12.1. The first-order valence-corrected chi connectivity index (χ1v) is 8.79. The van der Waals surface area contributed by atoms with Crippen LogP contribution in [0.25, 0.3) is 0 Å². The fraction of sp³-hybridized carbons (Fsp3) is 0.222. The highest BCUT2D eigenvalue weighted by molar-refractivity contribution is 8.00. The quantitative estimate of drug-likeness (QED) is 0.803. The van der Waals surface area contributed by atoms with Gasteiger partial charge in [0.25, 0.3) is 0 Å². The van der Waals surface area contributed by atoms with E-state index in [-0.39, 0.29) is 17.6 Å². The molecule has 0 saturated carbocycles. The Bertz CT molecular complexity index is 794. The number of ether oxygens (including phenoxy) is 2. The van der Waals surface area contributed by atoms with Gasteiger partial charge in [-0.15, -0.1) is 11.8 Å². The first-order valence-electron chi connectivity index (χ1n) is 7.80. The number of nitrogens with one attached hydrogen (secondary N) is 2. The zero-order chi connectivity index (χ0) is 17.6. The lowest BCUT2D eigenvalue weighted by Gasteiger charge is -2.19. The standard InChI is InChI=1S/C18H18N2O4S/c1-12(21)19-13-3-2-4-15(9-13)25-11-18(22)20-14-5-6-16-17(10-14)24-8-7-23-16/h2-6,9-10H,7-8,11H2,1H3,(H,19,21)(H,20,22). The Kier molecular flexibility index (Phi) is 5.45. The highest BCUT2D eigenvalue weighted by Gasteiger charge is 2.13. The molecule has 0 radical (unpaired) electrons. The second kappa shape index (κ2) is 7.94. The van der Waals surface area contributed by atoms with Crippen LogP contribution in [-0.4, -0.2) is 30.8 Å². The van der Waals surface area contributed by atoms with E-state index < -0.39 is 0 Å². The predicted octanol–water partition coefficient (Wildman–Crippen LogP) is 3.15. The van der Waals surface area contributed by atoms with E-state index in [0.717, 1.165) is 4.90 Å². The molecule has 1 aliphatic heterocycles. The predicted molar refractivity (Wildman–Crippen MR) is 97.5 cm³/mol. The molecule has 6 nitrogen and oxygen atoms in total. The summed E-state index contributed by atoms with van der Waals surface area (Å²) in [5, 5.41) is 5.57. The minimum atomic E-state index is -0.126. The van der Waals surface area contributed by atoms with Gasteiger partial charge in [0.05, 0.1) is 5.75 Å². The van der Waals surface area contributed by atoms with Gasteiger partial charge in [-0.1, -0.05) is 6.07 Å². The van der Waals surface area contributed by atoms with Crippen molar-refractivity contribution in [2.24, 2.45) is 0 Å². The van der Waals surface area contributed by atoms with Crippen molar-refractivity contribution in [3.63, 3.8) is 0 Å². The number of anilines is 2. The summed E-state index contributed by atoms with van der Waals surface area (Å²) in [7, 11) is 0. The van der Waals surface area contributed by atoms with E-state index in [0.29, 0.717) is 36.1 Å². The Labute approximate surface area is 149 Å². The van der Waals surface area contributed by atoms with Gasteiger partial charge in [-0.05, 0) is 30.3 Å². The smallest absolute Gasteiger partial charge is 0.234 e. The second-order valence-electron chi connectivity index (χ2n) is 5.40. The van der Waals surface area contributed by atoms with Crippen LogP contribution in [0.4, 0.5) is 11.4 Å². The SMILES string of the molecule is CC(=O)Nc1cccc(SCC(=O)Nc2ccc3c(c2)OCCO3)c1. The van der Waals surface area contributed by atoms with Gasteiger partial charge in [-0.3, -0.25) is 9.59 Å². The Hall–Kier alpha value is -2.67. The van der Waals surface area contributed by atoms with E-state index in [1.54, 1.807) is 24.3 Å². The van der Waals surface area contributed by atoms with Crippen molar-refractivity contribution in [3.8, 4) is 11.5 Å². The van der Waals surface area contributed by atoms with Crippen molar-refractivity contribution in [2.75, 3.05) is 29.6 Å². The van der Waals surface area contributed by atoms with E-state index in [4.69, 9.17) is 9.47 Å². The highest BCUT2D eigenvalue weighted by Crippen LogP contribution is 2.32. The molecule has 2 amide bonds. The lowest BCUT2D eigenvalue weighted by atomic mass is 10.2. The molecule has 0 saturated heterocycles. The van der Waals surface area contributed by atoms with Gasteiger partial charge in [0.1, 0.15) is 13.2 Å². The molecule has 130 valence electrons.